The maximum Gasteiger partial charge on any atom is 0.241 e. The third-order valence-corrected chi connectivity index (χ3v) is 4.61. The number of rotatable bonds is 4. The molecule has 0 aliphatic heterocycles. The Hall–Kier alpha value is -1.07. The number of sulfonamides is 1. The second-order valence-corrected chi connectivity index (χ2v) is 6.07. The highest BCUT2D eigenvalue weighted by Crippen LogP contribution is 2.23. The molecule has 0 amide bonds. The molecule has 1 rings (SSSR count). The molecule has 5 heteroatoms. The highest BCUT2D eigenvalue weighted by atomic mass is 32.2. The molecule has 0 aromatic heterocycles. The maximum absolute atomic E-state index is 12.2. The second-order valence-electron chi connectivity index (χ2n) is 4.41. The normalized spacial score (nSPS) is 13.6. The van der Waals surface area contributed by atoms with Gasteiger partial charge in [0.2, 0.25) is 10.0 Å². The largest absolute Gasteiger partial charge is 0.399 e. The van der Waals surface area contributed by atoms with Crippen molar-refractivity contribution in [3.05, 3.63) is 23.3 Å². The van der Waals surface area contributed by atoms with Crippen molar-refractivity contribution in [3.63, 3.8) is 0 Å². The Bertz CT molecular complexity index is 486. The van der Waals surface area contributed by atoms with Crippen molar-refractivity contribution in [3.8, 4) is 0 Å². The number of hydrogen-bond acceptors (Lipinski definition) is 3. The van der Waals surface area contributed by atoms with E-state index in [1.807, 2.05) is 13.8 Å². The van der Waals surface area contributed by atoms with E-state index in [1.165, 1.54) is 0 Å². The number of hydrogen-bond donors (Lipinski definition) is 2. The van der Waals surface area contributed by atoms with E-state index in [9.17, 15) is 8.42 Å². The number of aryl methyl sites for hydroxylation is 2. The van der Waals surface area contributed by atoms with Gasteiger partial charge >= 0.3 is 0 Å². The van der Waals surface area contributed by atoms with Crippen LogP contribution in [0.1, 0.15) is 31.4 Å². The van der Waals surface area contributed by atoms with Gasteiger partial charge in [-0.25, -0.2) is 13.1 Å². The molecule has 1 unspecified atom stereocenters. The summed E-state index contributed by atoms with van der Waals surface area (Å²) in [7, 11) is -3.46. The van der Waals surface area contributed by atoms with E-state index < -0.39 is 10.0 Å². The number of nitrogens with one attached hydrogen (secondary N) is 1. The topological polar surface area (TPSA) is 72.2 Å². The first-order valence-corrected chi connectivity index (χ1v) is 7.15. The zero-order chi connectivity index (χ0) is 13.2. The Kier molecular flexibility index (Phi) is 4.16. The monoisotopic (exact) mass is 256 g/mol. The summed E-state index contributed by atoms with van der Waals surface area (Å²) in [5.74, 6) is 0. The van der Waals surface area contributed by atoms with Gasteiger partial charge in [0.1, 0.15) is 0 Å². The third kappa shape index (κ3) is 3.20. The minimum Gasteiger partial charge on any atom is -0.399 e. The number of benzene rings is 1. The molecule has 1 aromatic carbocycles. The zero-order valence-electron chi connectivity index (χ0n) is 10.7. The molecule has 0 radical (unpaired) electrons. The van der Waals surface area contributed by atoms with Gasteiger partial charge in [0.15, 0.2) is 0 Å². The van der Waals surface area contributed by atoms with Gasteiger partial charge in [-0.3, -0.25) is 0 Å². The molecule has 17 heavy (non-hydrogen) atoms. The Morgan fingerprint density at radius 3 is 2.18 bits per heavy atom. The van der Waals surface area contributed by atoms with Crippen molar-refractivity contribution in [2.45, 2.75) is 45.1 Å². The first-order chi connectivity index (χ1) is 7.77. The quantitative estimate of drug-likeness (QED) is 0.809. The van der Waals surface area contributed by atoms with E-state index in [2.05, 4.69) is 4.72 Å². The molecular weight excluding hydrogens is 236 g/mol. The molecule has 96 valence electrons. The summed E-state index contributed by atoms with van der Waals surface area (Å²) >= 11 is 0. The zero-order valence-corrected chi connectivity index (χ0v) is 11.6. The standard InChI is InChI=1S/C12H20N2O2S/c1-5-10(4)14-17(15,16)12-8(2)6-11(13)7-9(12)3/h6-7,10,14H,5,13H2,1-4H3. The van der Waals surface area contributed by atoms with Gasteiger partial charge < -0.3 is 5.73 Å². The summed E-state index contributed by atoms with van der Waals surface area (Å²) in [5.41, 5.74) is 7.63. The van der Waals surface area contributed by atoms with Crippen LogP contribution >= 0.6 is 0 Å². The van der Waals surface area contributed by atoms with E-state index in [-0.39, 0.29) is 6.04 Å². The molecule has 4 nitrogen and oxygen atoms in total. The van der Waals surface area contributed by atoms with Crippen molar-refractivity contribution in [2.24, 2.45) is 0 Å². The fourth-order valence-electron chi connectivity index (χ4n) is 1.81. The lowest BCUT2D eigenvalue weighted by Gasteiger charge is -2.16. The van der Waals surface area contributed by atoms with Crippen LogP contribution in [-0.2, 0) is 10.0 Å². The van der Waals surface area contributed by atoms with Crippen LogP contribution in [0.4, 0.5) is 5.69 Å². The molecular formula is C12H20N2O2S. The van der Waals surface area contributed by atoms with Crippen LogP contribution in [0.2, 0.25) is 0 Å². The Morgan fingerprint density at radius 2 is 1.76 bits per heavy atom. The van der Waals surface area contributed by atoms with Gasteiger partial charge in [0, 0.05) is 11.7 Å². The van der Waals surface area contributed by atoms with Crippen molar-refractivity contribution in [2.75, 3.05) is 5.73 Å². The van der Waals surface area contributed by atoms with Gasteiger partial charge in [-0.15, -0.1) is 0 Å². The Morgan fingerprint density at radius 1 is 1.29 bits per heavy atom. The summed E-state index contributed by atoms with van der Waals surface area (Å²) in [5, 5.41) is 0. The van der Waals surface area contributed by atoms with E-state index in [0.29, 0.717) is 21.7 Å². The Labute approximate surface area is 103 Å². The molecule has 1 atom stereocenters. The van der Waals surface area contributed by atoms with Crippen molar-refractivity contribution >= 4 is 15.7 Å². The van der Waals surface area contributed by atoms with Gasteiger partial charge in [0.25, 0.3) is 0 Å². The van der Waals surface area contributed by atoms with Crippen LogP contribution < -0.4 is 10.5 Å². The van der Waals surface area contributed by atoms with E-state index in [4.69, 9.17) is 5.73 Å². The average molecular weight is 256 g/mol. The molecule has 0 heterocycles. The second kappa shape index (κ2) is 5.06. The summed E-state index contributed by atoms with van der Waals surface area (Å²) in [6.45, 7) is 7.30. The minimum atomic E-state index is -3.46. The number of anilines is 1. The van der Waals surface area contributed by atoms with E-state index in [0.717, 1.165) is 6.42 Å². The fraction of sp³-hybridized carbons (Fsp3) is 0.500. The molecule has 1 aromatic rings. The minimum absolute atomic E-state index is 0.0728. The van der Waals surface area contributed by atoms with Crippen molar-refractivity contribution in [1.82, 2.24) is 4.72 Å². The summed E-state index contributed by atoms with van der Waals surface area (Å²) in [6.07, 6.45) is 0.756. The molecule has 0 saturated heterocycles. The fourth-order valence-corrected chi connectivity index (χ4v) is 3.59. The molecule has 0 saturated carbocycles. The highest BCUT2D eigenvalue weighted by Gasteiger charge is 2.21. The molecule has 3 N–H and O–H groups in total. The van der Waals surface area contributed by atoms with E-state index in [1.54, 1.807) is 26.0 Å². The van der Waals surface area contributed by atoms with Crippen LogP contribution in [0.15, 0.2) is 17.0 Å². The van der Waals surface area contributed by atoms with Crippen LogP contribution in [-0.4, -0.2) is 14.5 Å². The molecule has 0 bridgehead atoms. The van der Waals surface area contributed by atoms with Gasteiger partial charge in [0.05, 0.1) is 4.90 Å². The SMILES string of the molecule is CCC(C)NS(=O)(=O)c1c(C)cc(N)cc1C. The lowest BCUT2D eigenvalue weighted by atomic mass is 10.1. The van der Waals surface area contributed by atoms with E-state index >= 15 is 0 Å². The number of nitrogen functional groups attached to an aromatic ring is 1. The van der Waals surface area contributed by atoms with Crippen LogP contribution in [0.3, 0.4) is 0 Å². The molecule has 0 aliphatic rings. The molecule has 0 spiro atoms. The van der Waals surface area contributed by atoms with Crippen molar-refractivity contribution in [1.29, 1.82) is 0 Å². The van der Waals surface area contributed by atoms with Gasteiger partial charge in [-0.2, -0.15) is 0 Å². The van der Waals surface area contributed by atoms with Crippen LogP contribution in [0.25, 0.3) is 0 Å². The first kappa shape index (κ1) is 14.0. The third-order valence-electron chi connectivity index (χ3n) is 2.72. The van der Waals surface area contributed by atoms with Crippen LogP contribution in [0.5, 0.6) is 0 Å². The molecule has 0 aliphatic carbocycles. The smallest absolute Gasteiger partial charge is 0.241 e. The average Bonchev–Trinajstić information content (AvgIpc) is 2.14. The highest BCUT2D eigenvalue weighted by molar-refractivity contribution is 7.89. The van der Waals surface area contributed by atoms with Crippen LogP contribution in [0, 0.1) is 13.8 Å². The maximum atomic E-state index is 12.2. The summed E-state index contributed by atoms with van der Waals surface area (Å²) in [6, 6.07) is 3.28. The number of nitrogens with two attached hydrogens (primary N) is 1. The Balaban J connectivity index is 3.25. The molecule has 0 fully saturated rings. The lowest BCUT2D eigenvalue weighted by Crippen LogP contribution is -2.32. The predicted octanol–water partition coefficient (Wildman–Crippen LogP) is 1.96. The summed E-state index contributed by atoms with van der Waals surface area (Å²) in [4.78, 5) is 0.340. The summed E-state index contributed by atoms with van der Waals surface area (Å²) < 4.78 is 27.1. The van der Waals surface area contributed by atoms with Crippen molar-refractivity contribution < 1.29 is 8.42 Å². The first-order valence-electron chi connectivity index (χ1n) is 5.67. The van der Waals surface area contributed by atoms with Gasteiger partial charge in [-0.1, -0.05) is 6.92 Å². The predicted molar refractivity (Wildman–Crippen MR) is 70.4 cm³/mol. The lowest BCUT2D eigenvalue weighted by molar-refractivity contribution is 0.555. The van der Waals surface area contributed by atoms with Gasteiger partial charge in [-0.05, 0) is 50.5 Å².